The first-order valence-corrected chi connectivity index (χ1v) is 4.66. The molecule has 76 valence electrons. The quantitative estimate of drug-likeness (QED) is 0.667. The number of ether oxygens (including phenoxy) is 2. The lowest BCUT2D eigenvalue weighted by molar-refractivity contribution is 0.233. The van der Waals surface area contributed by atoms with Crippen LogP contribution in [-0.2, 0) is 4.74 Å². The van der Waals surface area contributed by atoms with Gasteiger partial charge in [-0.25, -0.2) is 0 Å². The summed E-state index contributed by atoms with van der Waals surface area (Å²) in [4.78, 5) is 0. The van der Waals surface area contributed by atoms with Gasteiger partial charge >= 0.3 is 0 Å². The standard InChI is InChI=1S/C12H16O2/c1-11-5-7-12(8-6-11)14-10-4-3-9-13-2/h3-8H,9-10H2,1-2H3/b4-3-. The molecule has 0 saturated carbocycles. The van der Waals surface area contributed by atoms with Crippen LogP contribution in [0.3, 0.4) is 0 Å². The van der Waals surface area contributed by atoms with E-state index in [0.717, 1.165) is 5.75 Å². The fourth-order valence-electron chi connectivity index (χ4n) is 1.01. The molecule has 1 aromatic rings. The molecule has 0 atom stereocenters. The normalized spacial score (nSPS) is 10.7. The largest absolute Gasteiger partial charge is 0.490 e. The highest BCUT2D eigenvalue weighted by Crippen LogP contribution is 2.10. The molecule has 0 unspecified atom stereocenters. The molecule has 2 heteroatoms. The van der Waals surface area contributed by atoms with Gasteiger partial charge in [0.15, 0.2) is 0 Å². The van der Waals surface area contributed by atoms with E-state index in [1.165, 1.54) is 5.56 Å². The van der Waals surface area contributed by atoms with Gasteiger partial charge < -0.3 is 9.47 Å². The second-order valence-electron chi connectivity index (χ2n) is 3.05. The summed E-state index contributed by atoms with van der Waals surface area (Å²) in [6.07, 6.45) is 3.89. The molecule has 14 heavy (non-hydrogen) atoms. The summed E-state index contributed by atoms with van der Waals surface area (Å²) in [5, 5.41) is 0. The summed E-state index contributed by atoms with van der Waals surface area (Å²) >= 11 is 0. The lowest BCUT2D eigenvalue weighted by Crippen LogP contribution is -1.93. The number of benzene rings is 1. The Morgan fingerprint density at radius 1 is 1.07 bits per heavy atom. The molecule has 0 aliphatic heterocycles. The third-order valence-corrected chi connectivity index (χ3v) is 1.80. The zero-order valence-electron chi connectivity index (χ0n) is 8.69. The van der Waals surface area contributed by atoms with Crippen molar-refractivity contribution < 1.29 is 9.47 Å². The first-order chi connectivity index (χ1) is 6.83. The van der Waals surface area contributed by atoms with E-state index < -0.39 is 0 Å². The molecule has 1 aromatic carbocycles. The first-order valence-electron chi connectivity index (χ1n) is 4.66. The Labute approximate surface area is 85.2 Å². The lowest BCUT2D eigenvalue weighted by atomic mass is 10.2. The van der Waals surface area contributed by atoms with Crippen molar-refractivity contribution in [3.05, 3.63) is 42.0 Å². The molecule has 0 amide bonds. The van der Waals surface area contributed by atoms with E-state index in [1.807, 2.05) is 36.4 Å². The van der Waals surface area contributed by atoms with Crippen molar-refractivity contribution in [1.29, 1.82) is 0 Å². The minimum Gasteiger partial charge on any atom is -0.490 e. The second-order valence-corrected chi connectivity index (χ2v) is 3.05. The summed E-state index contributed by atoms with van der Waals surface area (Å²) in [5.41, 5.74) is 1.24. The molecule has 0 spiro atoms. The Hall–Kier alpha value is -1.28. The number of methoxy groups -OCH3 is 1. The smallest absolute Gasteiger partial charge is 0.119 e. The molecule has 0 aromatic heterocycles. The molecule has 1 rings (SSSR count). The topological polar surface area (TPSA) is 18.5 Å². The Kier molecular flexibility index (Phi) is 4.79. The van der Waals surface area contributed by atoms with Gasteiger partial charge in [0, 0.05) is 7.11 Å². The monoisotopic (exact) mass is 192 g/mol. The number of aryl methyl sites for hydroxylation is 1. The van der Waals surface area contributed by atoms with Crippen LogP contribution in [0.1, 0.15) is 5.56 Å². The molecule has 0 aliphatic carbocycles. The second kappa shape index (κ2) is 6.22. The van der Waals surface area contributed by atoms with Gasteiger partial charge in [-0.2, -0.15) is 0 Å². The van der Waals surface area contributed by atoms with Crippen molar-refractivity contribution in [3.63, 3.8) is 0 Å². The minimum absolute atomic E-state index is 0.590. The molecular weight excluding hydrogens is 176 g/mol. The summed E-state index contributed by atoms with van der Waals surface area (Å²) in [7, 11) is 1.67. The molecule has 0 heterocycles. The van der Waals surface area contributed by atoms with E-state index in [0.29, 0.717) is 13.2 Å². The van der Waals surface area contributed by atoms with E-state index in [4.69, 9.17) is 9.47 Å². The van der Waals surface area contributed by atoms with Gasteiger partial charge in [0.2, 0.25) is 0 Å². The maximum absolute atomic E-state index is 5.47. The van der Waals surface area contributed by atoms with Crippen molar-refractivity contribution in [2.24, 2.45) is 0 Å². The Morgan fingerprint density at radius 2 is 1.71 bits per heavy atom. The summed E-state index contributed by atoms with van der Waals surface area (Å²) < 4.78 is 10.3. The van der Waals surface area contributed by atoms with Gasteiger partial charge in [-0.15, -0.1) is 0 Å². The van der Waals surface area contributed by atoms with Gasteiger partial charge in [-0.1, -0.05) is 23.8 Å². The summed E-state index contributed by atoms with van der Waals surface area (Å²) in [6.45, 7) is 3.28. The average Bonchev–Trinajstić information content (AvgIpc) is 2.21. The van der Waals surface area contributed by atoms with Crippen LogP contribution in [-0.4, -0.2) is 20.3 Å². The number of hydrogen-bond donors (Lipinski definition) is 0. The van der Waals surface area contributed by atoms with E-state index in [2.05, 4.69) is 6.92 Å². The van der Waals surface area contributed by atoms with E-state index in [-0.39, 0.29) is 0 Å². The van der Waals surface area contributed by atoms with Gasteiger partial charge in [0.05, 0.1) is 6.61 Å². The van der Waals surface area contributed by atoms with Crippen molar-refractivity contribution in [1.82, 2.24) is 0 Å². The Bertz CT molecular complexity index is 275. The zero-order chi connectivity index (χ0) is 10.2. The van der Waals surface area contributed by atoms with Crippen molar-refractivity contribution in [3.8, 4) is 5.75 Å². The fraction of sp³-hybridized carbons (Fsp3) is 0.333. The molecule has 0 saturated heterocycles. The van der Waals surface area contributed by atoms with Gasteiger partial charge in [0.25, 0.3) is 0 Å². The molecule has 0 N–H and O–H groups in total. The van der Waals surface area contributed by atoms with Crippen molar-refractivity contribution in [2.45, 2.75) is 6.92 Å². The van der Waals surface area contributed by atoms with Crippen LogP contribution in [0.4, 0.5) is 0 Å². The van der Waals surface area contributed by atoms with Crippen LogP contribution >= 0.6 is 0 Å². The third kappa shape index (κ3) is 4.10. The highest BCUT2D eigenvalue weighted by Gasteiger charge is 1.89. The zero-order valence-corrected chi connectivity index (χ0v) is 8.69. The summed E-state index contributed by atoms with van der Waals surface area (Å²) in [5.74, 6) is 0.901. The van der Waals surface area contributed by atoms with Gasteiger partial charge in [0.1, 0.15) is 12.4 Å². The molecular formula is C12H16O2. The van der Waals surface area contributed by atoms with Crippen LogP contribution in [0.2, 0.25) is 0 Å². The van der Waals surface area contributed by atoms with Gasteiger partial charge in [-0.3, -0.25) is 0 Å². The predicted molar refractivity (Wildman–Crippen MR) is 57.7 cm³/mol. The first kappa shape index (κ1) is 10.8. The maximum atomic E-state index is 5.47. The molecule has 0 fully saturated rings. The van der Waals surface area contributed by atoms with Crippen LogP contribution in [0.25, 0.3) is 0 Å². The van der Waals surface area contributed by atoms with Crippen LogP contribution < -0.4 is 4.74 Å². The van der Waals surface area contributed by atoms with E-state index >= 15 is 0 Å². The molecule has 0 aliphatic rings. The van der Waals surface area contributed by atoms with E-state index in [9.17, 15) is 0 Å². The fourth-order valence-corrected chi connectivity index (χ4v) is 1.01. The van der Waals surface area contributed by atoms with Crippen LogP contribution in [0.5, 0.6) is 5.75 Å². The molecule has 2 nitrogen and oxygen atoms in total. The minimum atomic E-state index is 0.590. The Morgan fingerprint density at radius 3 is 2.36 bits per heavy atom. The van der Waals surface area contributed by atoms with E-state index in [1.54, 1.807) is 7.11 Å². The van der Waals surface area contributed by atoms with Crippen molar-refractivity contribution in [2.75, 3.05) is 20.3 Å². The highest BCUT2D eigenvalue weighted by atomic mass is 16.5. The van der Waals surface area contributed by atoms with Crippen molar-refractivity contribution >= 4 is 0 Å². The average molecular weight is 192 g/mol. The van der Waals surface area contributed by atoms with Crippen LogP contribution in [0.15, 0.2) is 36.4 Å². The maximum Gasteiger partial charge on any atom is 0.119 e. The van der Waals surface area contributed by atoms with Crippen LogP contribution in [0, 0.1) is 6.92 Å². The molecule has 0 bridgehead atoms. The lowest BCUT2D eigenvalue weighted by Gasteiger charge is -2.02. The third-order valence-electron chi connectivity index (χ3n) is 1.80. The number of hydrogen-bond acceptors (Lipinski definition) is 2. The van der Waals surface area contributed by atoms with Gasteiger partial charge in [-0.05, 0) is 25.1 Å². The summed E-state index contributed by atoms with van der Waals surface area (Å²) in [6, 6.07) is 8.02. The number of rotatable bonds is 5. The highest BCUT2D eigenvalue weighted by molar-refractivity contribution is 5.26. The predicted octanol–water partition coefficient (Wildman–Crippen LogP) is 2.58. The SMILES string of the molecule is COC/C=C\COc1ccc(C)cc1. The Balaban J connectivity index is 2.28. The molecule has 0 radical (unpaired) electrons.